The Bertz CT molecular complexity index is 425. The number of nitrogens with zero attached hydrogens (tertiary/aromatic N) is 1. The van der Waals surface area contributed by atoms with E-state index in [0.717, 1.165) is 5.57 Å². The Morgan fingerprint density at radius 1 is 1.71 bits per heavy atom. The van der Waals surface area contributed by atoms with Crippen molar-refractivity contribution in [2.24, 2.45) is 0 Å². The zero-order valence-corrected chi connectivity index (χ0v) is 11.5. The number of carboxylic acid groups (broad SMARTS) is 1. The topological polar surface area (TPSA) is 86.7 Å². The summed E-state index contributed by atoms with van der Waals surface area (Å²) in [5, 5.41) is 11.3. The predicted molar refractivity (Wildman–Crippen MR) is 69.6 cm³/mol. The van der Waals surface area contributed by atoms with E-state index in [-0.39, 0.29) is 17.0 Å². The smallest absolute Gasteiger partial charge is 0.352 e. The summed E-state index contributed by atoms with van der Waals surface area (Å²) in [6.07, 6.45) is 0.471. The van der Waals surface area contributed by atoms with Gasteiger partial charge < -0.3 is 10.4 Å². The second kappa shape index (κ2) is 4.84. The fourth-order valence-corrected chi connectivity index (χ4v) is 4.23. The molecule has 0 spiro atoms. The van der Waals surface area contributed by atoms with Crippen molar-refractivity contribution in [3.05, 3.63) is 11.3 Å². The first-order valence-corrected chi connectivity index (χ1v) is 7.35. The molecule has 2 atom stereocenters. The van der Waals surface area contributed by atoms with Crippen LogP contribution in [0.1, 0.15) is 0 Å². The third-order valence-corrected chi connectivity index (χ3v) is 4.92. The van der Waals surface area contributed by atoms with Crippen molar-refractivity contribution in [1.82, 2.24) is 10.2 Å². The van der Waals surface area contributed by atoms with Gasteiger partial charge in [-0.1, -0.05) is 22.6 Å². The maximum absolute atomic E-state index is 11.8. The molecule has 17 heavy (non-hydrogen) atoms. The maximum atomic E-state index is 11.8. The third kappa shape index (κ3) is 1.92. The zero-order valence-electron chi connectivity index (χ0n) is 8.55. The number of carbonyl (C=O) groups is 3. The molecule has 0 aromatic heterocycles. The van der Waals surface area contributed by atoms with Gasteiger partial charge in [-0.15, -0.1) is 11.8 Å². The molecule has 0 radical (unpaired) electrons. The number of nitrogens with one attached hydrogen (secondary N) is 1. The molecule has 0 aromatic rings. The Hall–Kier alpha value is -0.770. The number of aliphatic carboxylic acids is 1. The van der Waals surface area contributed by atoms with E-state index in [1.165, 1.54) is 16.7 Å². The lowest BCUT2D eigenvalue weighted by atomic mass is 10.0. The molecular formula is C9H9IN2O4S. The van der Waals surface area contributed by atoms with E-state index in [4.69, 9.17) is 5.11 Å². The molecule has 0 unspecified atom stereocenters. The SMILES string of the molecule is O=CN[C@@H]1C(=O)N2C(C(=O)O)=C(CI)CS[C@@H]12. The summed E-state index contributed by atoms with van der Waals surface area (Å²) in [6.45, 7) is 0. The minimum Gasteiger partial charge on any atom is -0.477 e. The molecule has 0 saturated carbocycles. The van der Waals surface area contributed by atoms with Crippen LogP contribution < -0.4 is 5.32 Å². The lowest BCUT2D eigenvalue weighted by molar-refractivity contribution is -0.149. The van der Waals surface area contributed by atoms with Crippen LogP contribution >= 0.6 is 34.4 Å². The molecule has 2 rings (SSSR count). The van der Waals surface area contributed by atoms with Crippen molar-refractivity contribution in [3.8, 4) is 0 Å². The van der Waals surface area contributed by atoms with E-state index in [9.17, 15) is 14.4 Å². The summed E-state index contributed by atoms with van der Waals surface area (Å²) in [6, 6.07) is -0.595. The van der Waals surface area contributed by atoms with Gasteiger partial charge in [0, 0.05) is 10.2 Å². The van der Waals surface area contributed by atoms with E-state index in [1.807, 2.05) is 0 Å². The molecule has 0 aromatic carbocycles. The van der Waals surface area contributed by atoms with E-state index in [2.05, 4.69) is 27.9 Å². The number of fused-ring (bicyclic) bond motifs is 1. The van der Waals surface area contributed by atoms with Crippen LogP contribution in [0.25, 0.3) is 0 Å². The van der Waals surface area contributed by atoms with Gasteiger partial charge in [0.15, 0.2) is 0 Å². The monoisotopic (exact) mass is 368 g/mol. The van der Waals surface area contributed by atoms with Crippen LogP contribution in [0.3, 0.4) is 0 Å². The Morgan fingerprint density at radius 3 is 2.94 bits per heavy atom. The first-order chi connectivity index (χ1) is 8.11. The Balaban J connectivity index is 2.29. The van der Waals surface area contributed by atoms with Crippen LogP contribution in [0.15, 0.2) is 11.3 Å². The molecular weight excluding hydrogens is 359 g/mol. The summed E-state index contributed by atoms with van der Waals surface area (Å²) in [7, 11) is 0. The molecule has 92 valence electrons. The molecule has 8 heteroatoms. The lowest BCUT2D eigenvalue weighted by Gasteiger charge is -2.49. The fourth-order valence-electron chi connectivity index (χ4n) is 1.88. The molecule has 0 aliphatic carbocycles. The van der Waals surface area contributed by atoms with Crippen LogP contribution in [-0.2, 0) is 14.4 Å². The van der Waals surface area contributed by atoms with Gasteiger partial charge in [0.05, 0.1) is 0 Å². The highest BCUT2D eigenvalue weighted by atomic mass is 127. The Kier molecular flexibility index (Phi) is 3.61. The van der Waals surface area contributed by atoms with Crippen molar-refractivity contribution < 1.29 is 19.5 Å². The molecule has 2 heterocycles. The van der Waals surface area contributed by atoms with Crippen LogP contribution in [0.5, 0.6) is 0 Å². The highest BCUT2D eigenvalue weighted by molar-refractivity contribution is 14.1. The molecule has 6 nitrogen and oxygen atoms in total. The number of thioether (sulfide) groups is 1. The van der Waals surface area contributed by atoms with Gasteiger partial charge in [0.25, 0.3) is 5.91 Å². The molecule has 2 amide bonds. The molecule has 2 aliphatic heterocycles. The second-order valence-corrected chi connectivity index (χ2v) is 5.43. The largest absolute Gasteiger partial charge is 0.477 e. The van der Waals surface area contributed by atoms with Gasteiger partial charge in [-0.05, 0) is 5.57 Å². The molecule has 0 bridgehead atoms. The minimum absolute atomic E-state index is 0.0806. The van der Waals surface area contributed by atoms with Crippen LogP contribution in [0.2, 0.25) is 0 Å². The summed E-state index contributed by atoms with van der Waals surface area (Å²) < 4.78 is 0.578. The Labute approximate surface area is 115 Å². The number of β-lactam (4-membered cyclic amide) rings is 1. The van der Waals surface area contributed by atoms with Gasteiger partial charge >= 0.3 is 5.97 Å². The summed E-state index contributed by atoms with van der Waals surface area (Å²) in [4.78, 5) is 34.5. The fraction of sp³-hybridized carbons (Fsp3) is 0.444. The normalized spacial score (nSPS) is 27.4. The summed E-state index contributed by atoms with van der Waals surface area (Å²) >= 11 is 3.56. The van der Waals surface area contributed by atoms with E-state index in [1.54, 1.807) is 0 Å². The van der Waals surface area contributed by atoms with Gasteiger partial charge in [0.1, 0.15) is 17.1 Å². The number of hydrogen-bond donors (Lipinski definition) is 2. The van der Waals surface area contributed by atoms with Gasteiger partial charge in [-0.3, -0.25) is 14.5 Å². The lowest BCUT2D eigenvalue weighted by Crippen LogP contribution is -2.69. The van der Waals surface area contributed by atoms with Crippen LogP contribution in [0, 0.1) is 0 Å². The number of alkyl halides is 1. The van der Waals surface area contributed by atoms with E-state index >= 15 is 0 Å². The number of carboxylic acids is 1. The molecule has 1 fully saturated rings. The average Bonchev–Trinajstić information content (AvgIpc) is 2.33. The standard InChI is InChI=1S/C9H9IN2O4S/c10-1-4-2-17-8-5(11-3-13)7(14)12(8)6(4)9(15)16/h3,5,8H,1-2H2,(H,11,13)(H,15,16)/t5-,8+/m1/s1. The van der Waals surface area contributed by atoms with Crippen molar-refractivity contribution in [2.45, 2.75) is 11.4 Å². The minimum atomic E-state index is -1.08. The average molecular weight is 368 g/mol. The first kappa shape index (κ1) is 12.7. The third-order valence-electron chi connectivity index (χ3n) is 2.66. The Morgan fingerprint density at radius 2 is 2.41 bits per heavy atom. The number of amides is 2. The quantitative estimate of drug-likeness (QED) is 0.310. The summed E-state index contributed by atoms with van der Waals surface area (Å²) in [5.41, 5.74) is 0.828. The van der Waals surface area contributed by atoms with Crippen molar-refractivity contribution >= 4 is 52.6 Å². The van der Waals surface area contributed by atoms with Crippen LogP contribution in [0.4, 0.5) is 0 Å². The number of hydrogen-bond acceptors (Lipinski definition) is 4. The number of halogens is 1. The van der Waals surface area contributed by atoms with Crippen molar-refractivity contribution in [2.75, 3.05) is 10.2 Å². The van der Waals surface area contributed by atoms with Gasteiger partial charge in [-0.2, -0.15) is 0 Å². The molecule has 2 aliphatic rings. The highest BCUT2D eigenvalue weighted by Gasteiger charge is 2.53. The molecule has 2 N–H and O–H groups in total. The zero-order chi connectivity index (χ0) is 12.6. The highest BCUT2D eigenvalue weighted by Crippen LogP contribution is 2.40. The van der Waals surface area contributed by atoms with Crippen molar-refractivity contribution in [3.63, 3.8) is 0 Å². The van der Waals surface area contributed by atoms with Crippen LogP contribution in [-0.4, -0.2) is 49.9 Å². The van der Waals surface area contributed by atoms with E-state index < -0.39 is 12.0 Å². The second-order valence-electron chi connectivity index (χ2n) is 3.56. The molecule has 1 saturated heterocycles. The number of rotatable bonds is 4. The van der Waals surface area contributed by atoms with Gasteiger partial charge in [0.2, 0.25) is 6.41 Å². The van der Waals surface area contributed by atoms with E-state index in [0.29, 0.717) is 16.6 Å². The van der Waals surface area contributed by atoms with Gasteiger partial charge in [-0.25, -0.2) is 4.79 Å². The first-order valence-electron chi connectivity index (χ1n) is 4.77. The van der Waals surface area contributed by atoms with Crippen molar-refractivity contribution in [1.29, 1.82) is 0 Å². The summed E-state index contributed by atoms with van der Waals surface area (Å²) in [5.74, 6) is -0.857. The number of carbonyl (C=O) groups excluding carboxylic acids is 2. The predicted octanol–water partition coefficient (Wildman–Crippen LogP) is -0.210. The maximum Gasteiger partial charge on any atom is 0.352 e.